The van der Waals surface area contributed by atoms with Crippen molar-refractivity contribution in [3.05, 3.63) is 0 Å². The van der Waals surface area contributed by atoms with Crippen LogP contribution in [0.5, 0.6) is 0 Å². The SMILES string of the molecule is CC(C)(C)OC(=O)N1CCCC(CC(=O)O)C1.O=C(O)CC1CCCNC1. The molecule has 2 heterocycles. The highest BCUT2D eigenvalue weighted by atomic mass is 16.6. The van der Waals surface area contributed by atoms with Crippen LogP contribution in [-0.4, -0.2) is 64.9 Å². The third-order valence-electron chi connectivity index (χ3n) is 4.50. The van der Waals surface area contributed by atoms with Crippen molar-refractivity contribution in [3.63, 3.8) is 0 Å². The summed E-state index contributed by atoms with van der Waals surface area (Å²) < 4.78 is 5.27. The Morgan fingerprint density at radius 3 is 2.15 bits per heavy atom. The molecule has 3 N–H and O–H groups in total. The first-order chi connectivity index (χ1) is 12.6. The topological polar surface area (TPSA) is 116 Å². The van der Waals surface area contributed by atoms with Gasteiger partial charge in [0.25, 0.3) is 0 Å². The van der Waals surface area contributed by atoms with E-state index >= 15 is 0 Å². The zero-order valence-electron chi connectivity index (χ0n) is 16.7. The fourth-order valence-corrected chi connectivity index (χ4v) is 3.32. The van der Waals surface area contributed by atoms with Gasteiger partial charge in [-0.2, -0.15) is 0 Å². The number of amides is 1. The molecule has 2 unspecified atom stereocenters. The minimum absolute atomic E-state index is 0.0498. The van der Waals surface area contributed by atoms with Crippen molar-refractivity contribution < 1.29 is 29.3 Å². The second-order valence-corrected chi connectivity index (χ2v) is 8.34. The van der Waals surface area contributed by atoms with Gasteiger partial charge >= 0.3 is 18.0 Å². The molecule has 0 aromatic rings. The molecule has 0 bridgehead atoms. The van der Waals surface area contributed by atoms with E-state index < -0.39 is 17.5 Å². The Kier molecular flexibility index (Phi) is 9.55. The molecule has 27 heavy (non-hydrogen) atoms. The van der Waals surface area contributed by atoms with Crippen molar-refractivity contribution in [3.8, 4) is 0 Å². The number of hydrogen-bond donors (Lipinski definition) is 3. The maximum Gasteiger partial charge on any atom is 0.410 e. The number of hydrogen-bond acceptors (Lipinski definition) is 5. The van der Waals surface area contributed by atoms with Crippen molar-refractivity contribution in [1.82, 2.24) is 10.2 Å². The van der Waals surface area contributed by atoms with E-state index in [1.807, 2.05) is 20.8 Å². The van der Waals surface area contributed by atoms with Crippen LogP contribution in [0.1, 0.15) is 59.3 Å². The Labute approximate surface area is 161 Å². The first-order valence-corrected chi connectivity index (χ1v) is 9.69. The van der Waals surface area contributed by atoms with Gasteiger partial charge in [-0.25, -0.2) is 4.79 Å². The molecule has 2 rings (SSSR count). The summed E-state index contributed by atoms with van der Waals surface area (Å²) >= 11 is 0. The van der Waals surface area contributed by atoms with Gasteiger partial charge in [-0.1, -0.05) is 0 Å². The second-order valence-electron chi connectivity index (χ2n) is 8.34. The van der Waals surface area contributed by atoms with Crippen molar-refractivity contribution in [1.29, 1.82) is 0 Å². The molecule has 0 aromatic carbocycles. The maximum absolute atomic E-state index is 11.8. The molecule has 2 atom stereocenters. The predicted octanol–water partition coefficient (Wildman–Crippen LogP) is 2.57. The number of piperidine rings is 2. The number of likely N-dealkylation sites (tertiary alicyclic amines) is 1. The van der Waals surface area contributed by atoms with Gasteiger partial charge in [0.1, 0.15) is 5.60 Å². The molecule has 2 aliphatic heterocycles. The Bertz CT molecular complexity index is 497. The van der Waals surface area contributed by atoms with Crippen LogP contribution in [-0.2, 0) is 14.3 Å². The van der Waals surface area contributed by atoms with Crippen molar-refractivity contribution in [2.45, 2.75) is 64.9 Å². The minimum atomic E-state index is -0.805. The third kappa shape index (κ3) is 10.8. The normalized spacial score (nSPS) is 23.0. The number of nitrogens with zero attached hydrogens (tertiary/aromatic N) is 1. The number of carboxylic acid groups (broad SMARTS) is 2. The summed E-state index contributed by atoms with van der Waals surface area (Å²) in [5, 5.41) is 20.4. The zero-order valence-corrected chi connectivity index (χ0v) is 16.7. The molecular weight excluding hydrogens is 352 g/mol. The molecule has 0 saturated carbocycles. The number of aliphatic carboxylic acids is 2. The molecule has 0 aliphatic carbocycles. The van der Waals surface area contributed by atoms with Crippen molar-refractivity contribution >= 4 is 18.0 Å². The van der Waals surface area contributed by atoms with Crippen LogP contribution < -0.4 is 5.32 Å². The summed E-state index contributed by atoms with van der Waals surface area (Å²) in [4.78, 5) is 34.3. The summed E-state index contributed by atoms with van der Waals surface area (Å²) in [6.07, 6.45) is 4.01. The van der Waals surface area contributed by atoms with E-state index in [0.29, 0.717) is 25.4 Å². The molecule has 2 fully saturated rings. The van der Waals surface area contributed by atoms with Crippen molar-refractivity contribution in [2.75, 3.05) is 26.2 Å². The number of carbonyl (C=O) groups is 3. The molecule has 8 nitrogen and oxygen atoms in total. The quantitative estimate of drug-likeness (QED) is 0.680. The van der Waals surface area contributed by atoms with Gasteiger partial charge in [0.2, 0.25) is 0 Å². The molecule has 1 amide bonds. The van der Waals surface area contributed by atoms with Crippen LogP contribution >= 0.6 is 0 Å². The summed E-state index contributed by atoms with van der Waals surface area (Å²) in [6.45, 7) is 8.55. The third-order valence-corrected chi connectivity index (χ3v) is 4.50. The highest BCUT2D eigenvalue weighted by Crippen LogP contribution is 2.21. The van der Waals surface area contributed by atoms with E-state index in [4.69, 9.17) is 14.9 Å². The highest BCUT2D eigenvalue weighted by molar-refractivity contribution is 5.69. The monoisotopic (exact) mass is 386 g/mol. The van der Waals surface area contributed by atoms with E-state index in [0.717, 1.165) is 38.8 Å². The zero-order chi connectivity index (χ0) is 20.4. The summed E-state index contributed by atoms with van der Waals surface area (Å²) in [5.74, 6) is -1.06. The van der Waals surface area contributed by atoms with Gasteiger partial charge in [-0.05, 0) is 71.4 Å². The van der Waals surface area contributed by atoms with Crippen LogP contribution in [0.4, 0.5) is 4.79 Å². The Morgan fingerprint density at radius 1 is 1.04 bits per heavy atom. The lowest BCUT2D eigenvalue weighted by Gasteiger charge is -2.33. The van der Waals surface area contributed by atoms with Crippen LogP contribution in [0.25, 0.3) is 0 Å². The van der Waals surface area contributed by atoms with Crippen LogP contribution in [0.15, 0.2) is 0 Å². The minimum Gasteiger partial charge on any atom is -0.481 e. The fraction of sp³-hybridized carbons (Fsp3) is 0.842. The molecule has 156 valence electrons. The average Bonchev–Trinajstić information content (AvgIpc) is 2.54. The second kappa shape index (κ2) is 11.1. The van der Waals surface area contributed by atoms with E-state index in [1.165, 1.54) is 0 Å². The van der Waals surface area contributed by atoms with E-state index in [-0.39, 0.29) is 18.4 Å². The lowest BCUT2D eigenvalue weighted by Crippen LogP contribution is -2.43. The van der Waals surface area contributed by atoms with Crippen molar-refractivity contribution in [2.24, 2.45) is 11.8 Å². The first-order valence-electron chi connectivity index (χ1n) is 9.69. The summed E-state index contributed by atoms with van der Waals surface area (Å²) in [7, 11) is 0. The molecular formula is C19H34N2O6. The van der Waals surface area contributed by atoms with Gasteiger partial charge < -0.3 is 25.2 Å². The highest BCUT2D eigenvalue weighted by Gasteiger charge is 2.28. The standard InChI is InChI=1S/C12H21NO4.C7H13NO2/c1-12(2,3)17-11(16)13-6-4-5-9(8-13)7-10(14)15;9-7(10)4-6-2-1-3-8-5-6/h9H,4-8H2,1-3H3,(H,14,15);6,8H,1-5H2,(H,9,10). The predicted molar refractivity (Wildman–Crippen MR) is 101 cm³/mol. The summed E-state index contributed by atoms with van der Waals surface area (Å²) in [6, 6.07) is 0. The number of carboxylic acids is 2. The number of ether oxygens (including phenoxy) is 1. The average molecular weight is 386 g/mol. The summed E-state index contributed by atoms with van der Waals surface area (Å²) in [5.41, 5.74) is -0.503. The largest absolute Gasteiger partial charge is 0.481 e. The molecule has 0 radical (unpaired) electrons. The van der Waals surface area contributed by atoms with Crippen LogP contribution in [0.3, 0.4) is 0 Å². The van der Waals surface area contributed by atoms with Gasteiger partial charge in [-0.15, -0.1) is 0 Å². The van der Waals surface area contributed by atoms with Gasteiger partial charge in [0.15, 0.2) is 0 Å². The molecule has 8 heteroatoms. The van der Waals surface area contributed by atoms with E-state index in [2.05, 4.69) is 5.32 Å². The fourth-order valence-electron chi connectivity index (χ4n) is 3.32. The lowest BCUT2D eigenvalue weighted by molar-refractivity contribution is -0.139. The van der Waals surface area contributed by atoms with Crippen LogP contribution in [0.2, 0.25) is 0 Å². The lowest BCUT2D eigenvalue weighted by atomic mass is 9.95. The molecule has 0 aromatic heterocycles. The van der Waals surface area contributed by atoms with Gasteiger partial charge in [0.05, 0.1) is 0 Å². The van der Waals surface area contributed by atoms with E-state index in [9.17, 15) is 14.4 Å². The number of carbonyl (C=O) groups excluding carboxylic acids is 1. The Hall–Kier alpha value is -1.83. The molecule has 2 aliphatic rings. The van der Waals surface area contributed by atoms with Crippen LogP contribution in [0, 0.1) is 11.8 Å². The maximum atomic E-state index is 11.8. The molecule has 0 spiro atoms. The van der Waals surface area contributed by atoms with Gasteiger partial charge in [-0.3, -0.25) is 9.59 Å². The Balaban J connectivity index is 0.000000309. The van der Waals surface area contributed by atoms with Gasteiger partial charge in [0, 0.05) is 25.9 Å². The first kappa shape index (κ1) is 23.2. The molecule has 2 saturated heterocycles. The Morgan fingerprint density at radius 2 is 1.63 bits per heavy atom. The number of rotatable bonds is 4. The van der Waals surface area contributed by atoms with E-state index in [1.54, 1.807) is 4.90 Å². The smallest absolute Gasteiger partial charge is 0.410 e. The number of nitrogens with one attached hydrogen (secondary N) is 1.